The van der Waals surface area contributed by atoms with Crippen molar-refractivity contribution in [2.75, 3.05) is 6.54 Å². The highest BCUT2D eigenvalue weighted by molar-refractivity contribution is 5.96. The van der Waals surface area contributed by atoms with Crippen LogP contribution in [-0.4, -0.2) is 104 Å². The lowest BCUT2D eigenvalue weighted by Gasteiger charge is -2.70. The summed E-state index contributed by atoms with van der Waals surface area (Å²) in [6.45, 7) is 18.2. The Morgan fingerprint density at radius 1 is 0.879 bits per heavy atom. The van der Waals surface area contributed by atoms with Gasteiger partial charge in [-0.3, -0.25) is 19.2 Å². The second kappa shape index (κ2) is 15.2. The molecule has 0 aromatic rings. The Bertz CT molecular complexity index is 1710. The van der Waals surface area contributed by atoms with Gasteiger partial charge in [0.2, 0.25) is 5.91 Å². The average Bonchev–Trinajstić information content (AvgIpc) is 3.12. The van der Waals surface area contributed by atoms with E-state index in [4.69, 9.17) is 9.47 Å². The van der Waals surface area contributed by atoms with Crippen LogP contribution in [0.2, 0.25) is 0 Å². The van der Waals surface area contributed by atoms with Crippen molar-refractivity contribution in [2.45, 2.75) is 169 Å². The summed E-state index contributed by atoms with van der Waals surface area (Å²) >= 11 is 0. The van der Waals surface area contributed by atoms with Crippen molar-refractivity contribution in [3.05, 3.63) is 11.6 Å². The van der Waals surface area contributed by atoms with Crippen LogP contribution in [0.15, 0.2) is 11.6 Å². The quantitative estimate of drug-likeness (QED) is 0.156. The number of carbonyl (C=O) groups is 5. The van der Waals surface area contributed by atoms with Gasteiger partial charge in [-0.25, -0.2) is 4.79 Å². The third-order valence-corrected chi connectivity index (χ3v) is 16.9. The SMILES string of the molecule is CC(C)C[C@@H](NC(=O)CNC(=O)[C@H]1OC(OC2CC[C@@]3(C)C(CC[C@]4(C)C3C(=O)C=C3C5C[C@@](C)(C(=O)O)CC[C@]5(C)CC[C@]34C)C2(C)C)[C@H](O)[C@@H](O)[C@@H]1O)C(=O)O. The molecule has 4 saturated carbocycles. The monoisotopic (exact) mass is 816 g/mol. The summed E-state index contributed by atoms with van der Waals surface area (Å²) < 4.78 is 12.3. The Balaban J connectivity index is 1.18. The number of amides is 2. The van der Waals surface area contributed by atoms with Crippen molar-refractivity contribution >= 4 is 29.5 Å². The molecule has 0 bridgehead atoms. The van der Waals surface area contributed by atoms with Crippen molar-refractivity contribution in [1.29, 1.82) is 0 Å². The van der Waals surface area contributed by atoms with Gasteiger partial charge in [-0.15, -0.1) is 0 Å². The van der Waals surface area contributed by atoms with Gasteiger partial charge in [0.1, 0.15) is 24.4 Å². The van der Waals surface area contributed by atoms with Gasteiger partial charge in [-0.05, 0) is 122 Å². The number of carboxylic acids is 2. The number of carbonyl (C=O) groups excluding carboxylic acids is 3. The van der Waals surface area contributed by atoms with E-state index in [2.05, 4.69) is 52.2 Å². The van der Waals surface area contributed by atoms with Crippen LogP contribution >= 0.6 is 0 Å². The molecule has 2 amide bonds. The number of ether oxygens (including phenoxy) is 2. The van der Waals surface area contributed by atoms with E-state index in [0.717, 1.165) is 37.7 Å². The molecule has 0 spiro atoms. The van der Waals surface area contributed by atoms with E-state index < -0.39 is 89.4 Å². The molecule has 5 fully saturated rings. The molecule has 1 saturated heterocycles. The summed E-state index contributed by atoms with van der Waals surface area (Å²) in [5, 5.41) is 57.1. The second-order valence-corrected chi connectivity index (χ2v) is 21.2. The summed E-state index contributed by atoms with van der Waals surface area (Å²) in [6.07, 6.45) is -0.320. The number of fused-ring (bicyclic) bond motifs is 7. The van der Waals surface area contributed by atoms with Crippen molar-refractivity contribution in [2.24, 2.45) is 56.2 Å². The zero-order valence-electron chi connectivity index (χ0n) is 35.8. The molecule has 0 aromatic heterocycles. The normalized spacial score (nSPS) is 45.0. The van der Waals surface area contributed by atoms with Gasteiger partial charge in [0, 0.05) is 5.92 Å². The molecule has 15 atom stereocenters. The zero-order chi connectivity index (χ0) is 43.1. The number of nitrogens with one attached hydrogen (secondary N) is 2. The van der Waals surface area contributed by atoms with E-state index >= 15 is 0 Å². The maximum absolute atomic E-state index is 14.8. The zero-order valence-corrected chi connectivity index (χ0v) is 35.8. The van der Waals surface area contributed by atoms with Crippen molar-refractivity contribution < 1.29 is 59.0 Å². The number of allylic oxidation sites excluding steroid dienone is 2. The Morgan fingerprint density at radius 3 is 2.16 bits per heavy atom. The number of aliphatic hydroxyl groups excluding tert-OH is 3. The lowest BCUT2D eigenvalue weighted by atomic mass is 9.33. The van der Waals surface area contributed by atoms with Crippen LogP contribution in [0.3, 0.4) is 0 Å². The lowest BCUT2D eigenvalue weighted by molar-refractivity contribution is -0.321. The summed E-state index contributed by atoms with van der Waals surface area (Å²) in [5.41, 5.74) is -1.35. The molecule has 0 radical (unpaired) electrons. The molecule has 58 heavy (non-hydrogen) atoms. The number of rotatable bonds is 10. The fourth-order valence-electron chi connectivity index (χ4n) is 13.1. The van der Waals surface area contributed by atoms with E-state index in [9.17, 15) is 49.5 Å². The molecule has 5 aliphatic carbocycles. The number of carboxylic acid groups (broad SMARTS) is 2. The number of hydrogen-bond acceptors (Lipinski definition) is 10. The van der Waals surface area contributed by atoms with Gasteiger partial charge in [-0.2, -0.15) is 0 Å². The van der Waals surface area contributed by atoms with Gasteiger partial charge in [-0.1, -0.05) is 61.0 Å². The topological polar surface area (TPSA) is 229 Å². The Labute approximate surface area is 342 Å². The van der Waals surface area contributed by atoms with E-state index in [-0.39, 0.29) is 52.1 Å². The Hall–Kier alpha value is -2.91. The predicted octanol–water partition coefficient (Wildman–Crippen LogP) is 3.98. The van der Waals surface area contributed by atoms with Crippen LogP contribution in [0.25, 0.3) is 0 Å². The molecule has 7 N–H and O–H groups in total. The third kappa shape index (κ3) is 7.14. The first-order valence-electron chi connectivity index (χ1n) is 21.4. The first-order chi connectivity index (χ1) is 26.8. The van der Waals surface area contributed by atoms with Crippen molar-refractivity contribution in [3.63, 3.8) is 0 Å². The molecule has 1 heterocycles. The Kier molecular flexibility index (Phi) is 11.7. The fraction of sp³-hybridized carbons (Fsp3) is 0.841. The van der Waals surface area contributed by atoms with Gasteiger partial charge < -0.3 is 45.6 Å². The fourth-order valence-corrected chi connectivity index (χ4v) is 13.1. The maximum atomic E-state index is 14.8. The molecule has 1 aliphatic heterocycles. The molecule has 5 unspecified atom stereocenters. The predicted molar refractivity (Wildman–Crippen MR) is 211 cm³/mol. The van der Waals surface area contributed by atoms with E-state index in [0.29, 0.717) is 25.7 Å². The van der Waals surface area contributed by atoms with Crippen LogP contribution in [0.1, 0.15) is 127 Å². The number of aliphatic carboxylic acids is 2. The van der Waals surface area contributed by atoms with Gasteiger partial charge in [0.05, 0.1) is 18.1 Å². The number of ketones is 1. The molecule has 6 rings (SSSR count). The van der Waals surface area contributed by atoms with Crippen LogP contribution in [-0.2, 0) is 33.4 Å². The minimum atomic E-state index is -1.84. The summed E-state index contributed by atoms with van der Waals surface area (Å²) in [6, 6.07) is -1.15. The third-order valence-electron chi connectivity index (χ3n) is 16.9. The minimum absolute atomic E-state index is 0.0114. The number of aliphatic hydroxyl groups is 3. The first kappa shape index (κ1) is 44.6. The van der Waals surface area contributed by atoms with Crippen molar-refractivity contribution in [1.82, 2.24) is 10.6 Å². The first-order valence-corrected chi connectivity index (χ1v) is 21.4. The largest absolute Gasteiger partial charge is 0.481 e. The van der Waals surface area contributed by atoms with Gasteiger partial charge >= 0.3 is 11.9 Å². The van der Waals surface area contributed by atoms with Gasteiger partial charge in [0.25, 0.3) is 5.91 Å². The van der Waals surface area contributed by atoms with E-state index in [1.54, 1.807) is 0 Å². The molecule has 6 aliphatic rings. The lowest BCUT2D eigenvalue weighted by Crippen LogP contribution is -2.67. The molecule has 14 nitrogen and oxygen atoms in total. The van der Waals surface area contributed by atoms with Crippen LogP contribution in [0.5, 0.6) is 0 Å². The van der Waals surface area contributed by atoms with E-state index in [1.807, 2.05) is 26.8 Å². The highest BCUT2D eigenvalue weighted by Crippen LogP contribution is 2.75. The van der Waals surface area contributed by atoms with Crippen LogP contribution in [0, 0.1) is 56.2 Å². The molecular weight excluding hydrogens is 748 g/mol. The number of hydrogen-bond donors (Lipinski definition) is 7. The molecule has 14 heteroatoms. The van der Waals surface area contributed by atoms with Crippen LogP contribution in [0.4, 0.5) is 0 Å². The smallest absolute Gasteiger partial charge is 0.326 e. The summed E-state index contributed by atoms with van der Waals surface area (Å²) in [5.74, 6) is -3.82. The average molecular weight is 817 g/mol. The maximum Gasteiger partial charge on any atom is 0.326 e. The minimum Gasteiger partial charge on any atom is -0.481 e. The standard InChI is InChI=1S/C44H68N2O12/c1-22(2)18-25(36(53)54)46-29(48)21-45-35(52)33-31(50)30(49)32(51)37(58-33)57-28-11-12-42(7)27(39(28,3)4)10-13-44(9)34(42)26(47)19-23-24-20-41(6,38(55)56)15-14-40(24,5)16-17-43(23,44)8/h19,22,24-25,27-28,30-34,37,49-51H,10-18,20-21H2,1-9H3,(H,45,52)(H,46,48)(H,53,54)(H,55,56)/t24?,25-,27?,28?,30+,31+,32-,33+,34?,37?,40-,41+,42+,43-,44-/m1/s1. The highest BCUT2D eigenvalue weighted by Gasteiger charge is 2.70. The highest BCUT2D eigenvalue weighted by atomic mass is 16.7. The van der Waals surface area contributed by atoms with E-state index in [1.165, 1.54) is 0 Å². The molecule has 0 aromatic carbocycles. The van der Waals surface area contributed by atoms with Gasteiger partial charge in [0.15, 0.2) is 18.2 Å². The summed E-state index contributed by atoms with van der Waals surface area (Å²) in [7, 11) is 0. The Morgan fingerprint density at radius 2 is 1.53 bits per heavy atom. The molecular formula is C44H68N2O12. The van der Waals surface area contributed by atoms with Crippen LogP contribution < -0.4 is 10.6 Å². The van der Waals surface area contributed by atoms with Crippen molar-refractivity contribution in [3.8, 4) is 0 Å². The second-order valence-electron chi connectivity index (χ2n) is 21.2. The molecule has 326 valence electrons. The summed E-state index contributed by atoms with van der Waals surface area (Å²) in [4.78, 5) is 64.6.